The van der Waals surface area contributed by atoms with Gasteiger partial charge in [0.2, 0.25) is 17.7 Å². The quantitative estimate of drug-likeness (QED) is 0.0783. The van der Waals surface area contributed by atoms with Crippen LogP contribution >= 0.6 is 0 Å². The van der Waals surface area contributed by atoms with E-state index in [1.54, 1.807) is 19.2 Å². The summed E-state index contributed by atoms with van der Waals surface area (Å²) in [6.07, 6.45) is 5.45. The fourth-order valence-corrected chi connectivity index (χ4v) is 4.95. The van der Waals surface area contributed by atoms with Gasteiger partial charge in [-0.05, 0) is 79.8 Å². The van der Waals surface area contributed by atoms with Crippen molar-refractivity contribution >= 4 is 29.5 Å². The van der Waals surface area contributed by atoms with Crippen molar-refractivity contribution in [3.8, 4) is 0 Å². The number of benzene rings is 2. The molecule has 0 aliphatic carbocycles. The molecule has 1 aromatic heterocycles. The van der Waals surface area contributed by atoms with Gasteiger partial charge in [-0.1, -0.05) is 46.1 Å². The Kier molecular flexibility index (Phi) is 18.3. The maximum atomic E-state index is 13.3. The van der Waals surface area contributed by atoms with Crippen LogP contribution in [0.15, 0.2) is 54.7 Å². The van der Waals surface area contributed by atoms with E-state index in [0.717, 1.165) is 55.3 Å². The molecule has 14 heteroatoms. The highest BCUT2D eigenvalue weighted by Gasteiger charge is 2.21. The first-order valence-electron chi connectivity index (χ1n) is 17.0. The standard InChI is InChI=1S/C24H32F2N4O2.C13H15F2NO3/c1-4-6-10-27-16(3)18-8-9-22(28-15-18)30-24(32)21(7-5-2)29-23(31)13-17-11-19(25)14-20(26)12-17;1-2-3-11(13(18)19)16-12(17)6-8-4-9(14)7-10(15)5-8/h8-9,11-12,14-16,21,27H,4-7,10,13H2,1-3H3,(H,29,31)(H,28,30,32);4-5,7,11H,2-3,6H2,1H3,(H,16,17)(H,18,19). The Bertz CT molecular complexity index is 1550. The number of amides is 3. The van der Waals surface area contributed by atoms with E-state index in [4.69, 9.17) is 5.11 Å². The number of rotatable bonds is 18. The minimum atomic E-state index is -1.12. The Balaban J connectivity index is 0.000000404. The number of nitrogens with one attached hydrogen (secondary N) is 4. The number of carboxylic acid groups (broad SMARTS) is 1. The number of carboxylic acids is 1. The lowest BCUT2D eigenvalue weighted by Gasteiger charge is -2.18. The predicted molar refractivity (Wildman–Crippen MR) is 186 cm³/mol. The third-order valence-electron chi connectivity index (χ3n) is 7.53. The van der Waals surface area contributed by atoms with Crippen molar-refractivity contribution in [3.63, 3.8) is 0 Å². The molecule has 0 spiro atoms. The molecule has 0 fully saturated rings. The van der Waals surface area contributed by atoms with Crippen LogP contribution in [0.1, 0.15) is 89.0 Å². The van der Waals surface area contributed by atoms with Crippen LogP contribution in [0.25, 0.3) is 0 Å². The SMILES string of the molecule is CCCC(NC(=O)Cc1cc(F)cc(F)c1)C(=O)O.CCCCNC(C)c1ccc(NC(=O)C(CCC)NC(=O)Cc2cc(F)cc(F)c2)nc1. The number of halogens is 4. The summed E-state index contributed by atoms with van der Waals surface area (Å²) >= 11 is 0. The molecule has 278 valence electrons. The van der Waals surface area contributed by atoms with Crippen molar-refractivity contribution in [1.29, 1.82) is 0 Å². The minimum absolute atomic E-state index is 0.151. The van der Waals surface area contributed by atoms with Crippen LogP contribution in [0, 0.1) is 23.3 Å². The highest BCUT2D eigenvalue weighted by atomic mass is 19.1. The molecule has 0 radical (unpaired) electrons. The molecule has 3 aromatic rings. The second kappa shape index (κ2) is 22.1. The Morgan fingerprint density at radius 1 is 0.725 bits per heavy atom. The summed E-state index contributed by atoms with van der Waals surface area (Å²) < 4.78 is 52.5. The summed E-state index contributed by atoms with van der Waals surface area (Å²) in [5.41, 5.74) is 1.38. The Morgan fingerprint density at radius 3 is 1.65 bits per heavy atom. The average Bonchev–Trinajstić information content (AvgIpc) is 3.04. The van der Waals surface area contributed by atoms with Gasteiger partial charge in [-0.3, -0.25) is 14.4 Å². The number of unbranched alkanes of at least 4 members (excludes halogenated alkanes) is 1. The van der Waals surface area contributed by atoms with Crippen LogP contribution in [-0.2, 0) is 32.0 Å². The first kappa shape index (κ1) is 42.3. The fourth-order valence-electron chi connectivity index (χ4n) is 4.95. The third-order valence-corrected chi connectivity index (χ3v) is 7.53. The number of nitrogens with zero attached hydrogens (tertiary/aromatic N) is 1. The van der Waals surface area contributed by atoms with Gasteiger partial charge in [-0.15, -0.1) is 0 Å². The number of carbonyl (C=O) groups excluding carboxylic acids is 3. The molecule has 0 aliphatic heterocycles. The summed E-state index contributed by atoms with van der Waals surface area (Å²) in [4.78, 5) is 51.8. The highest BCUT2D eigenvalue weighted by Crippen LogP contribution is 2.15. The number of aliphatic carboxylic acids is 1. The zero-order valence-corrected chi connectivity index (χ0v) is 29.3. The second-order valence-corrected chi connectivity index (χ2v) is 12.1. The van der Waals surface area contributed by atoms with Crippen molar-refractivity contribution in [2.45, 2.75) is 97.2 Å². The molecule has 3 amide bonds. The lowest BCUT2D eigenvalue weighted by Crippen LogP contribution is -2.44. The van der Waals surface area contributed by atoms with Gasteiger partial charge in [0.1, 0.15) is 41.2 Å². The Labute approximate surface area is 295 Å². The molecule has 0 saturated heterocycles. The summed E-state index contributed by atoms with van der Waals surface area (Å²) in [7, 11) is 0. The summed E-state index contributed by atoms with van der Waals surface area (Å²) in [5, 5.41) is 20.0. The van der Waals surface area contributed by atoms with Crippen molar-refractivity contribution < 1.29 is 41.8 Å². The van der Waals surface area contributed by atoms with E-state index >= 15 is 0 Å². The highest BCUT2D eigenvalue weighted by molar-refractivity contribution is 5.96. The fraction of sp³-hybridized carbons (Fsp3) is 0.432. The van der Waals surface area contributed by atoms with Gasteiger partial charge in [-0.2, -0.15) is 0 Å². The van der Waals surface area contributed by atoms with Crippen molar-refractivity contribution in [3.05, 3.63) is 94.7 Å². The molecule has 0 bridgehead atoms. The molecule has 3 unspecified atom stereocenters. The zero-order valence-electron chi connectivity index (χ0n) is 29.3. The van der Waals surface area contributed by atoms with Crippen LogP contribution in [0.3, 0.4) is 0 Å². The van der Waals surface area contributed by atoms with Crippen molar-refractivity contribution in [2.75, 3.05) is 11.9 Å². The Hall–Kier alpha value is -4.85. The Morgan fingerprint density at radius 2 is 1.22 bits per heavy atom. The summed E-state index contributed by atoms with van der Waals surface area (Å²) in [6.45, 7) is 8.82. The number of hydrogen-bond donors (Lipinski definition) is 5. The predicted octanol–water partition coefficient (Wildman–Crippen LogP) is 6.15. The molecule has 3 atom stereocenters. The van der Waals surface area contributed by atoms with Crippen LogP contribution in [0.2, 0.25) is 0 Å². The maximum absolute atomic E-state index is 13.3. The third kappa shape index (κ3) is 16.1. The molecule has 51 heavy (non-hydrogen) atoms. The number of anilines is 1. The molecule has 1 heterocycles. The molecule has 0 aliphatic rings. The van der Waals surface area contributed by atoms with Gasteiger partial charge in [0.05, 0.1) is 12.8 Å². The molecule has 0 saturated carbocycles. The van der Waals surface area contributed by atoms with Crippen LogP contribution < -0.4 is 21.3 Å². The van der Waals surface area contributed by atoms with Gasteiger partial charge in [0, 0.05) is 24.4 Å². The molecule has 3 rings (SSSR count). The van der Waals surface area contributed by atoms with Gasteiger partial charge < -0.3 is 26.4 Å². The maximum Gasteiger partial charge on any atom is 0.326 e. The number of carbonyl (C=O) groups is 4. The van der Waals surface area contributed by atoms with E-state index in [2.05, 4.69) is 40.1 Å². The molecular formula is C37H47F4N5O5. The molecule has 5 N–H and O–H groups in total. The lowest BCUT2D eigenvalue weighted by molar-refractivity contribution is -0.142. The van der Waals surface area contributed by atoms with E-state index < -0.39 is 53.1 Å². The van der Waals surface area contributed by atoms with E-state index in [1.807, 2.05) is 13.0 Å². The lowest BCUT2D eigenvalue weighted by atomic mass is 10.1. The summed E-state index contributed by atoms with van der Waals surface area (Å²) in [6, 6.07) is 7.76. The van der Waals surface area contributed by atoms with Gasteiger partial charge in [-0.25, -0.2) is 27.3 Å². The normalized spacial score (nSPS) is 12.5. The average molecular weight is 718 g/mol. The van der Waals surface area contributed by atoms with Crippen LogP contribution in [0.4, 0.5) is 23.4 Å². The second-order valence-electron chi connectivity index (χ2n) is 12.1. The largest absolute Gasteiger partial charge is 0.480 e. The molecule has 10 nitrogen and oxygen atoms in total. The number of aromatic nitrogens is 1. The summed E-state index contributed by atoms with van der Waals surface area (Å²) in [5.74, 6) is -5.23. The van der Waals surface area contributed by atoms with E-state index in [1.165, 1.54) is 0 Å². The van der Waals surface area contributed by atoms with Gasteiger partial charge >= 0.3 is 5.97 Å². The topological polar surface area (TPSA) is 150 Å². The number of hydrogen-bond acceptors (Lipinski definition) is 6. The van der Waals surface area contributed by atoms with Gasteiger partial charge in [0.25, 0.3) is 0 Å². The smallest absolute Gasteiger partial charge is 0.326 e. The van der Waals surface area contributed by atoms with Crippen LogP contribution in [-0.4, -0.2) is 52.4 Å². The van der Waals surface area contributed by atoms with Crippen molar-refractivity contribution in [2.24, 2.45) is 0 Å². The zero-order chi connectivity index (χ0) is 37.9. The molecule has 2 aromatic carbocycles. The molecular weight excluding hydrogens is 670 g/mol. The van der Waals surface area contributed by atoms with Crippen LogP contribution in [0.5, 0.6) is 0 Å². The van der Waals surface area contributed by atoms with E-state index in [9.17, 15) is 36.7 Å². The van der Waals surface area contributed by atoms with Gasteiger partial charge in [0.15, 0.2) is 0 Å². The van der Waals surface area contributed by atoms with E-state index in [-0.39, 0.29) is 35.9 Å². The van der Waals surface area contributed by atoms with E-state index in [0.29, 0.717) is 37.6 Å². The first-order chi connectivity index (χ1) is 24.2. The number of pyridine rings is 1. The monoisotopic (exact) mass is 717 g/mol. The minimum Gasteiger partial charge on any atom is -0.480 e. The first-order valence-corrected chi connectivity index (χ1v) is 17.0. The van der Waals surface area contributed by atoms with Crippen molar-refractivity contribution in [1.82, 2.24) is 20.9 Å².